The summed E-state index contributed by atoms with van der Waals surface area (Å²) in [7, 11) is 18.4. The van der Waals surface area contributed by atoms with Crippen LogP contribution in [0.4, 0.5) is 5.13 Å². The lowest BCUT2D eigenvalue weighted by molar-refractivity contribution is -0.314. The summed E-state index contributed by atoms with van der Waals surface area (Å²) in [6.07, 6.45) is 12.1. The van der Waals surface area contributed by atoms with Gasteiger partial charge < -0.3 is 95.8 Å². The number of ether oxygens (including phenoxy) is 16. The van der Waals surface area contributed by atoms with Crippen molar-refractivity contribution in [3.05, 3.63) is 74.2 Å². The van der Waals surface area contributed by atoms with Crippen LogP contribution < -0.4 is 10.2 Å². The van der Waals surface area contributed by atoms with E-state index in [1.165, 1.54) is 11.3 Å². The first-order valence-corrected chi connectivity index (χ1v) is 49.8. The van der Waals surface area contributed by atoms with E-state index < -0.39 is 30.7 Å². The molecular weight excluding hydrogens is 1740 g/mol. The molecule has 31 heteroatoms. The van der Waals surface area contributed by atoms with Crippen molar-refractivity contribution < 1.29 is 95.0 Å². The predicted octanol–water partition coefficient (Wildman–Crippen LogP) is 16.0. The van der Waals surface area contributed by atoms with E-state index in [-0.39, 0.29) is 213 Å². The van der Waals surface area contributed by atoms with E-state index >= 15 is 4.79 Å². The molecule has 4 aromatic rings. The van der Waals surface area contributed by atoms with Crippen molar-refractivity contribution in [2.75, 3.05) is 75.7 Å². The molecule has 12 fully saturated rings. The van der Waals surface area contributed by atoms with Crippen LogP contribution >= 0.6 is 57.5 Å². The van der Waals surface area contributed by atoms with Gasteiger partial charge in [-0.05, 0) is 254 Å². The zero-order valence-electron chi connectivity index (χ0n) is 77.1. The summed E-state index contributed by atoms with van der Waals surface area (Å²) in [5.41, 5.74) is 3.29. The molecule has 18 rings (SSSR count). The number of hydrogen-bond acceptors (Lipinski definition) is 28. The Labute approximate surface area is 780 Å². The second kappa shape index (κ2) is 42.3. The third-order valence-corrected chi connectivity index (χ3v) is 34.2. The monoisotopic (exact) mass is 1880 g/mol. The van der Waals surface area contributed by atoms with Crippen molar-refractivity contribution in [1.29, 1.82) is 0 Å². The second-order valence-corrected chi connectivity index (χ2v) is 42.5. The molecule has 128 heavy (non-hydrogen) atoms. The number of carbonyl (C=O) groups is 4. The first kappa shape index (κ1) is 98.5. The van der Waals surface area contributed by atoms with Gasteiger partial charge in [0.25, 0.3) is 0 Å². The molecule has 6 aliphatic carbocycles. The number of benzene rings is 2. The molecule has 8 aliphatic heterocycles. The molecule has 2 aromatic heterocycles. The van der Waals surface area contributed by atoms with Crippen LogP contribution in [0.25, 0.3) is 20.4 Å². The highest BCUT2D eigenvalue weighted by Crippen LogP contribution is 2.66. The number of halogens is 3. The molecule has 10 heterocycles. The number of fused-ring (bicyclic) bond motifs is 18. The Bertz CT molecular complexity index is 4530. The van der Waals surface area contributed by atoms with Crippen LogP contribution in [-0.4, -0.2) is 273 Å². The lowest BCUT2D eigenvalue weighted by Gasteiger charge is -2.44. The zero-order chi connectivity index (χ0) is 90.0. The summed E-state index contributed by atoms with van der Waals surface area (Å²) >= 11 is 21.0. The van der Waals surface area contributed by atoms with E-state index in [1.807, 2.05) is 58.0 Å². The lowest BCUT2D eigenvalue weighted by atomic mass is 9.66. The van der Waals surface area contributed by atoms with Gasteiger partial charge in [0.15, 0.2) is 46.3 Å². The molecule has 0 spiro atoms. The number of carbonyl (C=O) groups excluding carboxylic acids is 4. The van der Waals surface area contributed by atoms with E-state index in [0.717, 1.165) is 127 Å². The smallest absolute Gasteiger partial charge is 0.306 e. The fourth-order valence-electron chi connectivity index (χ4n) is 25.2. The first-order chi connectivity index (χ1) is 61.0. The molecule has 4 saturated carbocycles. The quantitative estimate of drug-likeness (QED) is 0.0674. The van der Waals surface area contributed by atoms with Crippen LogP contribution in [0.3, 0.4) is 0 Å². The number of allylic oxidation sites excluding steroid dienone is 4. The van der Waals surface area contributed by atoms with Gasteiger partial charge in [0.05, 0.1) is 94.2 Å². The Balaban J connectivity index is 0.000000176. The van der Waals surface area contributed by atoms with Crippen LogP contribution in [0.5, 0.6) is 0 Å². The largest absolute Gasteiger partial charge is 0.462 e. The van der Waals surface area contributed by atoms with Gasteiger partial charge in [-0.2, -0.15) is 0 Å². The predicted molar refractivity (Wildman–Crippen MR) is 492 cm³/mol. The summed E-state index contributed by atoms with van der Waals surface area (Å²) in [6.45, 7) is 16.4. The number of rotatable bonds is 19. The molecule has 8 saturated heterocycles. The van der Waals surface area contributed by atoms with Gasteiger partial charge in [0.1, 0.15) is 48.8 Å². The first-order valence-electron chi connectivity index (χ1n) is 47.0. The SMILES string of the molecule is C.CC[C@H]1CCC[C@H](O[C@H]2CC[C@H](N(C)C)C(C)O2)[C@@H](C)C(=O)C2=C[C@H]3[C@@H]4C[C@H](O[C@@H]5OC(C)[C@H](OC)C(OC)[C@@H]5OC)C[C@H]4[C@@H]4N[C@@H]4[C@H]3[C@@H]2CC(=O)O1.CC[C@H]1CCC[C@H](O[C@H]2CC[C@H](N(C)C)C(C)O2)[C@@H](C)C(=O)C2=C[C@H]3[C@@H]4C[C@H](O[C@@H]5OC(C)[C@H](OC)C(OC)[C@@H]5OC)C[C@H]4[C@H]4[C@@H]([C@H]3[C@@H]2CC(=O)O1)N4c1nc2cc(Cl)ccc2s1.Clc1ccc2sc(Cl)nc2c1. The molecule has 0 bridgehead atoms. The van der Waals surface area contributed by atoms with Crippen LogP contribution in [0.1, 0.15) is 178 Å². The van der Waals surface area contributed by atoms with E-state index in [2.05, 4.69) is 93.0 Å². The highest BCUT2D eigenvalue weighted by atomic mass is 35.5. The molecule has 38 atom stereocenters. The Morgan fingerprint density at radius 3 is 1.38 bits per heavy atom. The minimum Gasteiger partial charge on any atom is -0.462 e. The van der Waals surface area contributed by atoms with Crippen molar-refractivity contribution >= 4 is 107 Å². The van der Waals surface area contributed by atoms with E-state index in [1.54, 1.807) is 60.1 Å². The Morgan fingerprint density at radius 2 is 0.922 bits per heavy atom. The minimum absolute atomic E-state index is 0. The molecule has 1 N–H and O–H groups in total. The molecule has 14 aliphatic rings. The number of anilines is 1. The maximum atomic E-state index is 15.3. The average Bonchev–Trinajstić information content (AvgIpc) is 1.51. The van der Waals surface area contributed by atoms with Crippen molar-refractivity contribution in [2.24, 2.45) is 71.0 Å². The number of thiazole rings is 2. The number of nitrogens with zero attached hydrogens (tertiary/aromatic N) is 5. The van der Waals surface area contributed by atoms with Crippen molar-refractivity contribution in [2.45, 2.75) is 337 Å². The Kier molecular flexibility index (Phi) is 32.5. The van der Waals surface area contributed by atoms with E-state index in [4.69, 9.17) is 116 Å². The van der Waals surface area contributed by atoms with E-state index in [0.29, 0.717) is 57.3 Å². The van der Waals surface area contributed by atoms with Crippen molar-refractivity contribution in [3.63, 3.8) is 0 Å². The summed E-state index contributed by atoms with van der Waals surface area (Å²) < 4.78 is 103. The number of likely N-dealkylation sites (N-methyl/N-ethyl adjacent to an activating group) is 2. The number of hydrogen-bond donors (Lipinski definition) is 1. The number of esters is 2. The summed E-state index contributed by atoms with van der Waals surface area (Å²) in [4.78, 5) is 73.9. The standard InChI is InChI=1S/C48H68ClN3O10S.C41H66N2O10.C7H3Cl2NS.CH4/c1-10-27-12-11-13-36(62-39-17-15-35(51(5)6)24(3)58-39)23(2)43(54)33-21-30-29-19-28(61-47-46(57-9)45(56-8)44(55-7)25(4)59-47)20-32(29)41-42(40(30)31(33)22-38(53)60-27)52(41)48-50-34-18-26(49)14-16-37(34)63-48;1-10-23-12-11-13-31(53-33-15-14-30(43(5)6)21(3)49-33)20(2)37(45)29-18-26-25-16-24(52-41-40(48-9)39(47-8)38(46-7)22(4)50-41)17-28(25)35-36(42-35)34(26)27(29)19-32(44)51-23;8-4-1-2-6-5(3-4)10-7(9)11-6;/h14,16,18,21,23-25,27-32,35-36,39-42,44-47H,10-13,15,17,19-20,22H2,1-9H3;18,20-28,30-31,33-36,38-42H,10-17,19H2,1-9H3;1-3H;1H4/t23-,24?,25?,27+,28+,29+,30+,31-,32-,35+,36+,39+,40-,41+,42-,44+,45?,46+,47+,52?;20-,21?,22?,23+,24+,25+,26+,27-,28-,30+,31+,33+,34-,35+,36-,38+,39?,40+,41+;;/m11../s1. The maximum absolute atomic E-state index is 15.3. The Morgan fingerprint density at radius 1 is 0.484 bits per heavy atom. The average molecular weight is 1880 g/mol. The van der Waals surface area contributed by atoms with Gasteiger partial charge in [-0.25, -0.2) is 9.97 Å². The summed E-state index contributed by atoms with van der Waals surface area (Å²) in [6, 6.07) is 12.9. The zero-order valence-corrected chi connectivity index (χ0v) is 81.0. The second-order valence-electron chi connectivity index (χ2n) is 39.0. The van der Waals surface area contributed by atoms with Gasteiger partial charge in [0, 0.05) is 101 Å². The van der Waals surface area contributed by atoms with Crippen LogP contribution in [0, 0.1) is 71.0 Å². The van der Waals surface area contributed by atoms with Crippen molar-refractivity contribution in [1.82, 2.24) is 25.1 Å². The Hall–Kier alpha value is -4.03. The summed E-state index contributed by atoms with van der Waals surface area (Å²) in [5.74, 6) is 0.0655. The van der Waals surface area contributed by atoms with Crippen molar-refractivity contribution in [3.8, 4) is 0 Å². The van der Waals surface area contributed by atoms with Crippen LogP contribution in [0.2, 0.25) is 14.5 Å². The topological polar surface area (TPSA) is 273 Å². The number of methoxy groups -OCH3 is 6. The number of aromatic nitrogens is 2. The number of cyclic esters (lactones) is 2. The van der Waals surface area contributed by atoms with Gasteiger partial charge in [-0.15, -0.1) is 11.3 Å². The number of ketones is 2. The fourth-order valence-corrected chi connectivity index (χ4v) is 27.6. The molecule has 2 aromatic carbocycles. The van der Waals surface area contributed by atoms with Gasteiger partial charge in [-0.1, -0.05) is 93.4 Å². The third-order valence-electron chi connectivity index (χ3n) is 31.5. The maximum Gasteiger partial charge on any atom is 0.306 e. The highest BCUT2D eigenvalue weighted by molar-refractivity contribution is 7.22. The van der Waals surface area contributed by atoms with E-state index in [9.17, 15) is 14.4 Å². The normalized spacial score (nSPS) is 42.3. The molecule has 0 amide bonds. The third kappa shape index (κ3) is 20.4. The number of nitrogens with one attached hydrogen (secondary N) is 1. The highest BCUT2D eigenvalue weighted by Gasteiger charge is 2.71. The lowest BCUT2D eigenvalue weighted by Crippen LogP contribution is -2.59. The fraction of sp³-hybridized carbons (Fsp3) is 0.773. The molecule has 6 unspecified atom stereocenters. The minimum atomic E-state index is -0.648. The van der Waals surface area contributed by atoms with Gasteiger partial charge in [-0.3, -0.25) is 19.2 Å². The molecule has 712 valence electrons. The number of Topliss-reactive ketones (excluding diaryl/α,β-unsaturated/α-hetero) is 2. The molecule has 0 radical (unpaired) electrons. The summed E-state index contributed by atoms with van der Waals surface area (Å²) in [5, 5.41) is 6.12. The van der Waals surface area contributed by atoms with Gasteiger partial charge >= 0.3 is 11.9 Å². The molecular formula is C97H141Cl3N6O20S2. The van der Waals surface area contributed by atoms with Crippen LogP contribution in [-0.2, 0) is 95.0 Å². The van der Waals surface area contributed by atoms with Crippen LogP contribution in [0.15, 0.2) is 59.7 Å². The molecule has 26 nitrogen and oxygen atoms in total. The van der Waals surface area contributed by atoms with Gasteiger partial charge in [0.2, 0.25) is 0 Å².